The third-order valence-corrected chi connectivity index (χ3v) is 2.19. The van der Waals surface area contributed by atoms with Crippen LogP contribution in [0.3, 0.4) is 0 Å². The molecule has 0 saturated heterocycles. The van der Waals surface area contributed by atoms with Crippen LogP contribution in [0, 0.1) is 0 Å². The van der Waals surface area contributed by atoms with Gasteiger partial charge in [-0.05, 0) is 12.8 Å². The Balaban J connectivity index is 4.55. The average Bonchev–Trinajstić information content (AvgIpc) is 2.26. The van der Waals surface area contributed by atoms with E-state index in [-0.39, 0.29) is 13.0 Å². The second kappa shape index (κ2) is 8.95. The molecular weight excluding hydrogens is 222 g/mol. The summed E-state index contributed by atoms with van der Waals surface area (Å²) in [7, 11) is 0. The van der Waals surface area contributed by atoms with Crippen molar-refractivity contribution >= 4 is 11.9 Å². The molecule has 0 radical (unpaired) electrons. The minimum atomic E-state index is -0.978. The second-order valence-corrected chi connectivity index (χ2v) is 3.82. The lowest BCUT2D eigenvalue weighted by Gasteiger charge is -2.28. The number of hydrogen-bond donors (Lipinski definition) is 2. The average molecular weight is 245 g/mol. The van der Waals surface area contributed by atoms with E-state index in [9.17, 15) is 9.59 Å². The van der Waals surface area contributed by atoms with Gasteiger partial charge < -0.3 is 16.2 Å². The van der Waals surface area contributed by atoms with Gasteiger partial charge in [0.2, 0.25) is 6.23 Å². The number of carbonyl (C=O) groups is 2. The van der Waals surface area contributed by atoms with Crippen LogP contribution in [0.5, 0.6) is 0 Å². The zero-order valence-corrected chi connectivity index (χ0v) is 10.6. The summed E-state index contributed by atoms with van der Waals surface area (Å²) in [4.78, 5) is 24.4. The zero-order valence-electron chi connectivity index (χ0n) is 10.6. The first-order chi connectivity index (χ1) is 8.06. The lowest BCUT2D eigenvalue weighted by atomic mass is 10.3. The Bertz CT molecular complexity index is 240. The first kappa shape index (κ1) is 15.9. The van der Waals surface area contributed by atoms with Gasteiger partial charge in [-0.25, -0.2) is 0 Å². The molecule has 0 fully saturated rings. The van der Waals surface area contributed by atoms with Gasteiger partial charge in [-0.1, -0.05) is 13.8 Å². The first-order valence-corrected chi connectivity index (χ1v) is 5.99. The standard InChI is InChI=1S/C11H23N3O3/c1-3-7-14(8-4-2)11(10(13)16)17-9(15)5-6-12/h11H,3-8,12H2,1-2H3,(H2,13,16). The zero-order chi connectivity index (χ0) is 13.3. The van der Waals surface area contributed by atoms with Crippen LogP contribution >= 0.6 is 0 Å². The monoisotopic (exact) mass is 245 g/mol. The molecule has 0 aromatic carbocycles. The van der Waals surface area contributed by atoms with Crippen LogP contribution in [0.2, 0.25) is 0 Å². The SMILES string of the molecule is CCCN(CCC)C(OC(=O)CCN)C(N)=O. The molecule has 1 unspecified atom stereocenters. The Kier molecular flexibility index (Phi) is 8.35. The van der Waals surface area contributed by atoms with E-state index in [1.807, 2.05) is 13.8 Å². The quantitative estimate of drug-likeness (QED) is 0.433. The summed E-state index contributed by atoms with van der Waals surface area (Å²) in [6, 6.07) is 0. The van der Waals surface area contributed by atoms with Gasteiger partial charge in [0.05, 0.1) is 6.42 Å². The highest BCUT2D eigenvalue weighted by molar-refractivity contribution is 5.81. The van der Waals surface area contributed by atoms with Crippen molar-refractivity contribution in [1.29, 1.82) is 0 Å². The predicted octanol–water partition coefficient (Wildman–Crippen LogP) is -0.188. The fraction of sp³-hybridized carbons (Fsp3) is 0.818. The molecule has 100 valence electrons. The van der Waals surface area contributed by atoms with Crippen molar-refractivity contribution in [2.75, 3.05) is 19.6 Å². The van der Waals surface area contributed by atoms with E-state index < -0.39 is 18.1 Å². The van der Waals surface area contributed by atoms with Crippen LogP contribution in [0.25, 0.3) is 0 Å². The molecule has 1 atom stereocenters. The topological polar surface area (TPSA) is 98.7 Å². The molecule has 0 aliphatic rings. The molecule has 0 aromatic heterocycles. The van der Waals surface area contributed by atoms with Gasteiger partial charge in [-0.2, -0.15) is 0 Å². The number of carbonyl (C=O) groups excluding carboxylic acids is 2. The Morgan fingerprint density at radius 2 is 1.76 bits per heavy atom. The largest absolute Gasteiger partial charge is 0.437 e. The maximum absolute atomic E-state index is 11.3. The molecule has 6 heteroatoms. The van der Waals surface area contributed by atoms with Crippen LogP contribution in [0.1, 0.15) is 33.1 Å². The number of nitrogens with two attached hydrogens (primary N) is 2. The molecule has 17 heavy (non-hydrogen) atoms. The number of primary amides is 1. The summed E-state index contributed by atoms with van der Waals surface area (Å²) in [5.41, 5.74) is 10.5. The van der Waals surface area contributed by atoms with Crippen molar-refractivity contribution < 1.29 is 14.3 Å². The number of rotatable bonds is 9. The molecule has 0 spiro atoms. The van der Waals surface area contributed by atoms with E-state index in [1.54, 1.807) is 4.90 Å². The molecule has 0 aliphatic carbocycles. The van der Waals surface area contributed by atoms with Crippen LogP contribution in [-0.4, -0.2) is 42.6 Å². The van der Waals surface area contributed by atoms with Gasteiger partial charge in [0.1, 0.15) is 0 Å². The summed E-state index contributed by atoms with van der Waals surface area (Å²) in [5, 5.41) is 0. The highest BCUT2D eigenvalue weighted by Gasteiger charge is 2.26. The highest BCUT2D eigenvalue weighted by atomic mass is 16.6. The summed E-state index contributed by atoms with van der Waals surface area (Å²) in [5.74, 6) is -1.13. The van der Waals surface area contributed by atoms with Gasteiger partial charge in [0.25, 0.3) is 5.91 Å². The fourth-order valence-electron chi connectivity index (χ4n) is 1.53. The van der Waals surface area contributed by atoms with Crippen molar-refractivity contribution in [2.45, 2.75) is 39.3 Å². The third kappa shape index (κ3) is 6.23. The summed E-state index contributed by atoms with van der Waals surface area (Å²) in [6.45, 7) is 5.51. The molecule has 1 amide bonds. The van der Waals surface area contributed by atoms with Gasteiger partial charge in [-0.15, -0.1) is 0 Å². The van der Waals surface area contributed by atoms with E-state index in [1.165, 1.54) is 0 Å². The molecule has 6 nitrogen and oxygen atoms in total. The summed E-state index contributed by atoms with van der Waals surface area (Å²) in [6.07, 6.45) is 0.834. The van der Waals surface area contributed by atoms with Gasteiger partial charge in [0.15, 0.2) is 0 Å². The van der Waals surface area contributed by atoms with Gasteiger partial charge in [-0.3, -0.25) is 14.5 Å². The minimum Gasteiger partial charge on any atom is -0.437 e. The Morgan fingerprint density at radius 1 is 1.24 bits per heavy atom. The molecule has 0 aromatic rings. The maximum atomic E-state index is 11.3. The molecule has 0 heterocycles. The number of ether oxygens (including phenoxy) is 1. The van der Waals surface area contributed by atoms with E-state index in [0.717, 1.165) is 12.8 Å². The van der Waals surface area contributed by atoms with Crippen molar-refractivity contribution in [1.82, 2.24) is 4.90 Å². The molecule has 0 rings (SSSR count). The number of amides is 1. The highest BCUT2D eigenvalue weighted by Crippen LogP contribution is 2.05. The van der Waals surface area contributed by atoms with Crippen LogP contribution in [-0.2, 0) is 14.3 Å². The molecular formula is C11H23N3O3. The fourth-order valence-corrected chi connectivity index (χ4v) is 1.53. The van der Waals surface area contributed by atoms with E-state index in [0.29, 0.717) is 13.1 Å². The van der Waals surface area contributed by atoms with E-state index in [2.05, 4.69) is 0 Å². The van der Waals surface area contributed by atoms with Crippen molar-refractivity contribution in [3.05, 3.63) is 0 Å². The van der Waals surface area contributed by atoms with Crippen LogP contribution in [0.4, 0.5) is 0 Å². The van der Waals surface area contributed by atoms with Crippen molar-refractivity contribution in [2.24, 2.45) is 11.5 Å². The summed E-state index contributed by atoms with van der Waals surface area (Å²) < 4.78 is 5.05. The third-order valence-electron chi connectivity index (χ3n) is 2.19. The first-order valence-electron chi connectivity index (χ1n) is 5.99. The predicted molar refractivity (Wildman–Crippen MR) is 64.9 cm³/mol. The lowest BCUT2D eigenvalue weighted by molar-refractivity contribution is -0.166. The molecule has 0 bridgehead atoms. The van der Waals surface area contributed by atoms with Crippen molar-refractivity contribution in [3.63, 3.8) is 0 Å². The van der Waals surface area contributed by atoms with Gasteiger partial charge >= 0.3 is 5.97 Å². The lowest BCUT2D eigenvalue weighted by Crippen LogP contribution is -2.48. The Morgan fingerprint density at radius 3 is 2.12 bits per heavy atom. The Hall–Kier alpha value is -1.14. The number of esters is 1. The number of nitrogens with zero attached hydrogens (tertiary/aromatic N) is 1. The van der Waals surface area contributed by atoms with Crippen LogP contribution in [0.15, 0.2) is 0 Å². The second-order valence-electron chi connectivity index (χ2n) is 3.82. The normalized spacial score (nSPS) is 12.5. The van der Waals surface area contributed by atoms with E-state index >= 15 is 0 Å². The minimum absolute atomic E-state index is 0.0931. The van der Waals surface area contributed by atoms with Gasteiger partial charge in [0, 0.05) is 19.6 Å². The van der Waals surface area contributed by atoms with Crippen molar-refractivity contribution in [3.8, 4) is 0 Å². The van der Waals surface area contributed by atoms with Crippen LogP contribution < -0.4 is 11.5 Å². The molecule has 0 saturated carbocycles. The summed E-state index contributed by atoms with van der Waals surface area (Å²) >= 11 is 0. The van der Waals surface area contributed by atoms with E-state index in [4.69, 9.17) is 16.2 Å². The smallest absolute Gasteiger partial charge is 0.309 e. The maximum Gasteiger partial charge on any atom is 0.309 e. The molecule has 0 aliphatic heterocycles. The Labute approximate surface area is 102 Å². The number of hydrogen-bond acceptors (Lipinski definition) is 5. The molecule has 4 N–H and O–H groups in total.